The molecular weight excluding hydrogens is 364 g/mol. The molecule has 7 heteroatoms. The van der Waals surface area contributed by atoms with Crippen molar-refractivity contribution in [2.75, 3.05) is 32.1 Å². The molecular formula is C16H19BrN2O4. The Bertz CT molecular complexity index is 685. The summed E-state index contributed by atoms with van der Waals surface area (Å²) in [5, 5.41) is 12.1. The van der Waals surface area contributed by atoms with Gasteiger partial charge in [0, 0.05) is 16.7 Å². The quantitative estimate of drug-likeness (QED) is 0.758. The van der Waals surface area contributed by atoms with Crippen molar-refractivity contribution in [1.82, 2.24) is 4.90 Å². The molecule has 6 nitrogen and oxygen atoms in total. The third-order valence-corrected chi connectivity index (χ3v) is 4.57. The molecule has 1 aromatic carbocycles. The SMILES string of the molecule is COC(=O)C1=C(Nc2cc(C)c(Br)cc2C)C(=O)N(CCO)C1. The van der Waals surface area contributed by atoms with Gasteiger partial charge in [0.2, 0.25) is 0 Å². The van der Waals surface area contributed by atoms with Crippen molar-refractivity contribution in [3.05, 3.63) is 39.0 Å². The monoisotopic (exact) mass is 382 g/mol. The molecule has 0 radical (unpaired) electrons. The number of nitrogens with one attached hydrogen (secondary N) is 1. The molecule has 2 rings (SSSR count). The first-order valence-corrected chi connectivity index (χ1v) is 7.93. The van der Waals surface area contributed by atoms with E-state index in [1.54, 1.807) is 0 Å². The predicted molar refractivity (Wildman–Crippen MR) is 89.9 cm³/mol. The number of aryl methyl sites for hydroxylation is 2. The highest BCUT2D eigenvalue weighted by Gasteiger charge is 2.34. The molecule has 0 fully saturated rings. The maximum atomic E-state index is 12.5. The number of anilines is 1. The zero-order chi connectivity index (χ0) is 17.1. The molecule has 1 aliphatic heterocycles. The van der Waals surface area contributed by atoms with Gasteiger partial charge in [-0.1, -0.05) is 15.9 Å². The highest BCUT2D eigenvalue weighted by Crippen LogP contribution is 2.28. The highest BCUT2D eigenvalue weighted by atomic mass is 79.9. The minimum Gasteiger partial charge on any atom is -0.466 e. The van der Waals surface area contributed by atoms with E-state index in [4.69, 9.17) is 9.84 Å². The second-order valence-electron chi connectivity index (χ2n) is 5.34. The number of halogens is 1. The summed E-state index contributed by atoms with van der Waals surface area (Å²) < 4.78 is 5.74. The lowest BCUT2D eigenvalue weighted by Crippen LogP contribution is -2.31. The van der Waals surface area contributed by atoms with E-state index in [0.29, 0.717) is 0 Å². The lowest BCUT2D eigenvalue weighted by Gasteiger charge is -2.16. The number of aliphatic hydroxyl groups excluding tert-OH is 1. The summed E-state index contributed by atoms with van der Waals surface area (Å²) in [7, 11) is 1.28. The number of nitrogens with zero attached hydrogens (tertiary/aromatic N) is 1. The van der Waals surface area contributed by atoms with Crippen LogP contribution in [-0.2, 0) is 14.3 Å². The van der Waals surface area contributed by atoms with Gasteiger partial charge in [0.1, 0.15) is 5.70 Å². The van der Waals surface area contributed by atoms with E-state index in [2.05, 4.69) is 21.2 Å². The third-order valence-electron chi connectivity index (χ3n) is 3.72. The molecule has 0 saturated carbocycles. The number of ether oxygens (including phenoxy) is 1. The number of carbonyl (C=O) groups is 2. The van der Waals surface area contributed by atoms with Crippen LogP contribution in [0.5, 0.6) is 0 Å². The van der Waals surface area contributed by atoms with Crippen LogP contribution in [0.2, 0.25) is 0 Å². The molecule has 0 bridgehead atoms. The Morgan fingerprint density at radius 2 is 2.09 bits per heavy atom. The molecule has 0 atom stereocenters. The standard InChI is InChI=1S/C16H19BrN2O4/c1-9-7-13(10(2)6-12(9)17)18-14-11(16(22)23-3)8-19(4-5-20)15(14)21/h6-7,18,20H,4-5,8H2,1-3H3. The number of carbonyl (C=O) groups excluding carboxylic acids is 2. The van der Waals surface area contributed by atoms with Crippen molar-refractivity contribution >= 4 is 33.5 Å². The lowest BCUT2D eigenvalue weighted by molar-refractivity contribution is -0.136. The van der Waals surface area contributed by atoms with Gasteiger partial charge in [0.15, 0.2) is 0 Å². The number of esters is 1. The topological polar surface area (TPSA) is 78.9 Å². The molecule has 0 unspecified atom stereocenters. The fraction of sp³-hybridized carbons (Fsp3) is 0.375. The van der Waals surface area contributed by atoms with Crippen LogP contribution < -0.4 is 5.32 Å². The Labute approximate surface area is 143 Å². The molecule has 0 saturated heterocycles. The van der Waals surface area contributed by atoms with Crippen LogP contribution in [0.25, 0.3) is 0 Å². The van der Waals surface area contributed by atoms with Gasteiger partial charge < -0.3 is 20.1 Å². The van der Waals surface area contributed by atoms with Crippen molar-refractivity contribution in [2.45, 2.75) is 13.8 Å². The van der Waals surface area contributed by atoms with Crippen molar-refractivity contribution in [1.29, 1.82) is 0 Å². The van der Waals surface area contributed by atoms with Crippen LogP contribution in [0.4, 0.5) is 5.69 Å². The smallest absolute Gasteiger partial charge is 0.337 e. The van der Waals surface area contributed by atoms with Gasteiger partial charge in [-0.15, -0.1) is 0 Å². The normalized spacial score (nSPS) is 14.5. The summed E-state index contributed by atoms with van der Waals surface area (Å²) in [4.78, 5) is 25.8. The first kappa shape index (κ1) is 17.5. The number of methoxy groups -OCH3 is 1. The van der Waals surface area contributed by atoms with Crippen LogP contribution in [0.3, 0.4) is 0 Å². The van der Waals surface area contributed by atoms with E-state index in [9.17, 15) is 9.59 Å². The number of hydrogen-bond donors (Lipinski definition) is 2. The average Bonchev–Trinajstić information content (AvgIpc) is 2.81. The van der Waals surface area contributed by atoms with Gasteiger partial charge in [-0.25, -0.2) is 4.79 Å². The molecule has 1 heterocycles. The van der Waals surface area contributed by atoms with E-state index in [0.717, 1.165) is 21.3 Å². The van der Waals surface area contributed by atoms with Gasteiger partial charge in [-0.3, -0.25) is 4.79 Å². The zero-order valence-corrected chi connectivity index (χ0v) is 14.9. The summed E-state index contributed by atoms with van der Waals surface area (Å²) in [5.74, 6) is -0.868. The Morgan fingerprint density at radius 1 is 1.39 bits per heavy atom. The minimum absolute atomic E-state index is 0.128. The van der Waals surface area contributed by atoms with Crippen molar-refractivity contribution in [3.8, 4) is 0 Å². The molecule has 23 heavy (non-hydrogen) atoms. The maximum absolute atomic E-state index is 12.5. The molecule has 1 aliphatic rings. The number of β-amino-alcohol motifs (C(OH)–C–C–N with tert-alkyl or cyclic N) is 1. The van der Waals surface area contributed by atoms with E-state index in [1.165, 1.54) is 12.0 Å². The van der Waals surface area contributed by atoms with Gasteiger partial charge in [-0.05, 0) is 37.1 Å². The summed E-state index contributed by atoms with van der Waals surface area (Å²) in [6.07, 6.45) is 0. The Hall–Kier alpha value is -1.86. The fourth-order valence-electron chi connectivity index (χ4n) is 2.40. The first-order valence-electron chi connectivity index (χ1n) is 7.14. The molecule has 2 N–H and O–H groups in total. The third kappa shape index (κ3) is 3.56. The van der Waals surface area contributed by atoms with E-state index in [-0.39, 0.29) is 36.9 Å². The summed E-state index contributed by atoms with van der Waals surface area (Å²) in [6.45, 7) is 3.99. The van der Waals surface area contributed by atoms with Crippen LogP contribution in [-0.4, -0.2) is 48.7 Å². The van der Waals surface area contributed by atoms with E-state index in [1.807, 2.05) is 26.0 Å². The lowest BCUT2D eigenvalue weighted by atomic mass is 10.1. The summed E-state index contributed by atoms with van der Waals surface area (Å²) in [5.41, 5.74) is 3.17. The molecule has 1 amide bonds. The average molecular weight is 383 g/mol. The molecule has 0 spiro atoms. The molecule has 0 aromatic heterocycles. The van der Waals surface area contributed by atoms with Gasteiger partial charge >= 0.3 is 5.97 Å². The Kier molecular flexibility index (Phi) is 5.43. The summed E-state index contributed by atoms with van der Waals surface area (Å²) >= 11 is 3.46. The number of hydrogen-bond acceptors (Lipinski definition) is 5. The second-order valence-corrected chi connectivity index (χ2v) is 6.19. The zero-order valence-electron chi connectivity index (χ0n) is 13.3. The Balaban J connectivity index is 2.39. The molecule has 124 valence electrons. The summed E-state index contributed by atoms with van der Waals surface area (Å²) in [6, 6.07) is 3.85. The predicted octanol–water partition coefficient (Wildman–Crippen LogP) is 1.74. The van der Waals surface area contributed by atoms with Gasteiger partial charge in [0.25, 0.3) is 5.91 Å². The molecule has 1 aromatic rings. The van der Waals surface area contributed by atoms with E-state index >= 15 is 0 Å². The fourth-order valence-corrected chi connectivity index (χ4v) is 2.86. The molecule has 0 aliphatic carbocycles. The number of benzene rings is 1. The number of rotatable bonds is 5. The minimum atomic E-state index is -0.548. The van der Waals surface area contributed by atoms with E-state index < -0.39 is 5.97 Å². The van der Waals surface area contributed by atoms with Crippen molar-refractivity contribution < 1.29 is 19.4 Å². The Morgan fingerprint density at radius 3 is 2.70 bits per heavy atom. The second kappa shape index (κ2) is 7.14. The van der Waals surface area contributed by atoms with Crippen LogP contribution in [0.15, 0.2) is 27.9 Å². The van der Waals surface area contributed by atoms with Gasteiger partial charge in [0.05, 0.1) is 25.8 Å². The number of amides is 1. The van der Waals surface area contributed by atoms with Crippen LogP contribution in [0, 0.1) is 13.8 Å². The maximum Gasteiger partial charge on any atom is 0.337 e. The van der Waals surface area contributed by atoms with Crippen molar-refractivity contribution in [2.24, 2.45) is 0 Å². The van der Waals surface area contributed by atoms with Crippen LogP contribution >= 0.6 is 15.9 Å². The van der Waals surface area contributed by atoms with Crippen molar-refractivity contribution in [3.63, 3.8) is 0 Å². The number of aliphatic hydroxyl groups is 1. The largest absolute Gasteiger partial charge is 0.466 e. The highest BCUT2D eigenvalue weighted by molar-refractivity contribution is 9.10. The van der Waals surface area contributed by atoms with Gasteiger partial charge in [-0.2, -0.15) is 0 Å². The van der Waals surface area contributed by atoms with Crippen LogP contribution in [0.1, 0.15) is 11.1 Å². The first-order chi connectivity index (χ1) is 10.9.